The Balaban J connectivity index is 0.00000225. The topological polar surface area (TPSA) is 64.1 Å². The van der Waals surface area contributed by atoms with Gasteiger partial charge in [0, 0.05) is 50.9 Å². The highest BCUT2D eigenvalue weighted by Gasteiger charge is 2.20. The number of hydrogen-bond donors (Lipinski definition) is 0. The molecule has 0 N–H and O–H groups in total. The molecule has 0 aliphatic carbocycles. The Labute approximate surface area is 190 Å². The van der Waals surface area contributed by atoms with E-state index in [0.717, 1.165) is 38.5 Å². The predicted octanol–water partition coefficient (Wildman–Crippen LogP) is 3.35. The van der Waals surface area contributed by atoms with Crippen molar-refractivity contribution in [3.63, 3.8) is 0 Å². The van der Waals surface area contributed by atoms with Crippen molar-refractivity contribution in [2.75, 3.05) is 59.0 Å². The van der Waals surface area contributed by atoms with Crippen molar-refractivity contribution < 1.29 is 19.0 Å². The molecule has 3 rings (SSSR count). The number of methoxy groups -OCH3 is 3. The number of pyridine rings is 1. The van der Waals surface area contributed by atoms with Crippen molar-refractivity contribution in [2.24, 2.45) is 0 Å². The van der Waals surface area contributed by atoms with Crippen LogP contribution in [0, 0.1) is 0 Å². The van der Waals surface area contributed by atoms with E-state index in [2.05, 4.69) is 14.8 Å². The Morgan fingerprint density at radius 2 is 1.60 bits per heavy atom. The van der Waals surface area contributed by atoms with Gasteiger partial charge < -0.3 is 19.1 Å². The van der Waals surface area contributed by atoms with Crippen LogP contribution in [0.2, 0.25) is 0 Å². The van der Waals surface area contributed by atoms with Gasteiger partial charge >= 0.3 is 0 Å². The first-order valence-electron chi connectivity index (χ1n) is 9.37. The fourth-order valence-corrected chi connectivity index (χ4v) is 3.39. The summed E-state index contributed by atoms with van der Waals surface area (Å²) in [7, 11) is 4.64. The lowest BCUT2D eigenvalue weighted by Crippen LogP contribution is -2.47. The number of halogens is 2. The highest BCUT2D eigenvalue weighted by molar-refractivity contribution is 5.97. The third-order valence-corrected chi connectivity index (χ3v) is 4.99. The predicted molar refractivity (Wildman–Crippen MR) is 122 cm³/mol. The number of hydrogen-bond acceptors (Lipinski definition) is 7. The van der Waals surface area contributed by atoms with Gasteiger partial charge in [-0.2, -0.15) is 0 Å². The lowest BCUT2D eigenvalue weighted by atomic mass is 10.1. The molecule has 2 aromatic rings. The first-order valence-corrected chi connectivity index (χ1v) is 9.37. The monoisotopic (exact) mass is 457 g/mol. The van der Waals surface area contributed by atoms with E-state index in [-0.39, 0.29) is 30.6 Å². The van der Waals surface area contributed by atoms with Crippen LogP contribution in [0.15, 0.2) is 36.5 Å². The van der Waals surface area contributed by atoms with Crippen LogP contribution in [0.25, 0.3) is 0 Å². The number of ketones is 1. The van der Waals surface area contributed by atoms with E-state index in [1.165, 1.54) is 0 Å². The molecule has 0 unspecified atom stereocenters. The number of Topliss-reactive ketones (excluding diaryl/α,β-unsaturated/α-hetero) is 1. The largest absolute Gasteiger partial charge is 0.493 e. The molecule has 0 bridgehead atoms. The van der Waals surface area contributed by atoms with E-state index in [1.807, 2.05) is 24.4 Å². The third kappa shape index (κ3) is 6.14. The Morgan fingerprint density at radius 3 is 2.10 bits per heavy atom. The number of ether oxygens (including phenoxy) is 3. The summed E-state index contributed by atoms with van der Waals surface area (Å²) in [4.78, 5) is 21.7. The standard InChI is InChI=1S/C21H27N3O4.2ClH/c1-26-18-14-16(15-19(27-2)21(18)28-3)17(25)7-9-23-10-12-24(13-11-23)20-6-4-5-8-22-20;;/h4-6,8,14-15H,7,9-13H2,1-3H3;2*1H. The Morgan fingerprint density at radius 1 is 0.967 bits per heavy atom. The van der Waals surface area contributed by atoms with Crippen LogP contribution in [-0.2, 0) is 0 Å². The molecule has 30 heavy (non-hydrogen) atoms. The van der Waals surface area contributed by atoms with Gasteiger partial charge in [-0.1, -0.05) is 6.07 Å². The lowest BCUT2D eigenvalue weighted by Gasteiger charge is -2.35. The van der Waals surface area contributed by atoms with Crippen LogP contribution in [0.1, 0.15) is 16.8 Å². The molecule has 0 spiro atoms. The van der Waals surface area contributed by atoms with Gasteiger partial charge in [-0.15, -0.1) is 24.8 Å². The number of carbonyl (C=O) groups is 1. The molecule has 166 valence electrons. The maximum absolute atomic E-state index is 12.7. The summed E-state index contributed by atoms with van der Waals surface area (Å²) >= 11 is 0. The van der Waals surface area contributed by atoms with Crippen LogP contribution in [0.4, 0.5) is 5.82 Å². The number of aromatic nitrogens is 1. The normalized spacial score (nSPS) is 13.6. The first-order chi connectivity index (χ1) is 13.7. The molecule has 1 fully saturated rings. The Kier molecular flexibility index (Phi) is 10.7. The summed E-state index contributed by atoms with van der Waals surface area (Å²) in [5.41, 5.74) is 0.571. The van der Waals surface area contributed by atoms with Crippen molar-refractivity contribution in [2.45, 2.75) is 6.42 Å². The molecule has 1 saturated heterocycles. The van der Waals surface area contributed by atoms with Gasteiger partial charge in [-0.3, -0.25) is 9.69 Å². The van der Waals surface area contributed by atoms with Gasteiger partial charge in [0.25, 0.3) is 0 Å². The smallest absolute Gasteiger partial charge is 0.203 e. The summed E-state index contributed by atoms with van der Waals surface area (Å²) in [6.07, 6.45) is 2.26. The average molecular weight is 458 g/mol. The zero-order valence-corrected chi connectivity index (χ0v) is 19.1. The lowest BCUT2D eigenvalue weighted by molar-refractivity contribution is 0.0961. The maximum atomic E-state index is 12.7. The number of piperazine rings is 1. The average Bonchev–Trinajstić information content (AvgIpc) is 2.77. The second kappa shape index (κ2) is 12.5. The van der Waals surface area contributed by atoms with Crippen molar-refractivity contribution in [1.29, 1.82) is 0 Å². The van der Waals surface area contributed by atoms with Gasteiger partial charge in [0.2, 0.25) is 5.75 Å². The quantitative estimate of drug-likeness (QED) is 0.563. The second-order valence-corrected chi connectivity index (χ2v) is 6.60. The zero-order chi connectivity index (χ0) is 19.9. The van der Waals surface area contributed by atoms with Gasteiger partial charge in [0.15, 0.2) is 17.3 Å². The summed E-state index contributed by atoms with van der Waals surface area (Å²) in [5.74, 6) is 2.55. The van der Waals surface area contributed by atoms with Crippen LogP contribution >= 0.6 is 24.8 Å². The van der Waals surface area contributed by atoms with Crippen molar-refractivity contribution in [3.8, 4) is 17.2 Å². The van der Waals surface area contributed by atoms with E-state index in [1.54, 1.807) is 33.5 Å². The molecule has 1 aliphatic rings. The Bertz CT molecular complexity index is 775. The fraction of sp³-hybridized carbons (Fsp3) is 0.429. The number of benzene rings is 1. The number of rotatable bonds is 8. The number of carbonyl (C=O) groups excluding carboxylic acids is 1. The van der Waals surface area contributed by atoms with Crippen LogP contribution in [0.3, 0.4) is 0 Å². The Hall–Kier alpha value is -2.22. The minimum Gasteiger partial charge on any atom is -0.493 e. The molecule has 0 amide bonds. The van der Waals surface area contributed by atoms with E-state index in [9.17, 15) is 4.79 Å². The van der Waals surface area contributed by atoms with Crippen molar-refractivity contribution in [3.05, 3.63) is 42.1 Å². The molecule has 7 nitrogen and oxygen atoms in total. The molecule has 9 heteroatoms. The van der Waals surface area contributed by atoms with Gasteiger partial charge in [-0.25, -0.2) is 4.98 Å². The summed E-state index contributed by atoms with van der Waals surface area (Å²) in [5, 5.41) is 0. The molecule has 1 aliphatic heterocycles. The molecule has 0 radical (unpaired) electrons. The molecule has 2 heterocycles. The summed E-state index contributed by atoms with van der Waals surface area (Å²) < 4.78 is 16.0. The molecular formula is C21H29Cl2N3O4. The van der Waals surface area contributed by atoms with E-state index in [0.29, 0.717) is 29.2 Å². The minimum atomic E-state index is 0. The number of nitrogens with zero attached hydrogens (tertiary/aromatic N) is 3. The second-order valence-electron chi connectivity index (χ2n) is 6.60. The number of anilines is 1. The van der Waals surface area contributed by atoms with Crippen LogP contribution in [-0.4, -0.2) is 69.7 Å². The summed E-state index contributed by atoms with van der Waals surface area (Å²) in [6.45, 7) is 4.38. The van der Waals surface area contributed by atoms with Crippen molar-refractivity contribution in [1.82, 2.24) is 9.88 Å². The van der Waals surface area contributed by atoms with Crippen LogP contribution < -0.4 is 19.1 Å². The molecule has 0 atom stereocenters. The molecule has 0 saturated carbocycles. The molecular weight excluding hydrogens is 429 g/mol. The highest BCUT2D eigenvalue weighted by Crippen LogP contribution is 2.38. The van der Waals surface area contributed by atoms with E-state index < -0.39 is 0 Å². The minimum absolute atomic E-state index is 0. The fourth-order valence-electron chi connectivity index (χ4n) is 3.39. The van der Waals surface area contributed by atoms with Gasteiger partial charge in [0.05, 0.1) is 21.3 Å². The first kappa shape index (κ1) is 25.8. The molecule has 1 aromatic heterocycles. The van der Waals surface area contributed by atoms with E-state index in [4.69, 9.17) is 14.2 Å². The van der Waals surface area contributed by atoms with Gasteiger partial charge in [0.1, 0.15) is 5.82 Å². The van der Waals surface area contributed by atoms with E-state index >= 15 is 0 Å². The highest BCUT2D eigenvalue weighted by atomic mass is 35.5. The maximum Gasteiger partial charge on any atom is 0.203 e. The van der Waals surface area contributed by atoms with Crippen molar-refractivity contribution >= 4 is 36.4 Å². The summed E-state index contributed by atoms with van der Waals surface area (Å²) in [6, 6.07) is 9.38. The SMILES string of the molecule is COc1cc(C(=O)CCN2CCN(c3ccccn3)CC2)cc(OC)c1OC.Cl.Cl. The third-order valence-electron chi connectivity index (χ3n) is 4.99. The molecule has 1 aromatic carbocycles. The van der Waals surface area contributed by atoms with Crippen LogP contribution in [0.5, 0.6) is 17.2 Å². The zero-order valence-electron chi connectivity index (χ0n) is 17.5. The van der Waals surface area contributed by atoms with Gasteiger partial charge in [-0.05, 0) is 24.3 Å².